The monoisotopic (exact) mass is 375 g/mol. The van der Waals surface area contributed by atoms with Gasteiger partial charge in [-0.1, -0.05) is 19.8 Å². The van der Waals surface area contributed by atoms with Crippen molar-refractivity contribution in [2.45, 2.75) is 64.5 Å². The van der Waals surface area contributed by atoms with Crippen LogP contribution in [0.4, 0.5) is 0 Å². The SMILES string of the molecule is CCc1nc2n(n1)CC(NC(=NC)NCC1(C(=O)N(C)C)CCCC1)CC2. The van der Waals surface area contributed by atoms with Crippen LogP contribution in [0.1, 0.15) is 50.7 Å². The highest BCUT2D eigenvalue weighted by Crippen LogP contribution is 2.38. The van der Waals surface area contributed by atoms with E-state index in [2.05, 4.69) is 32.6 Å². The van der Waals surface area contributed by atoms with Crippen molar-refractivity contribution >= 4 is 11.9 Å². The fourth-order valence-electron chi connectivity index (χ4n) is 4.26. The number of rotatable bonds is 5. The van der Waals surface area contributed by atoms with E-state index >= 15 is 0 Å². The summed E-state index contributed by atoms with van der Waals surface area (Å²) in [5.74, 6) is 2.98. The van der Waals surface area contributed by atoms with E-state index in [1.807, 2.05) is 18.8 Å². The molecule has 1 amide bonds. The van der Waals surface area contributed by atoms with Gasteiger partial charge in [-0.25, -0.2) is 9.67 Å². The summed E-state index contributed by atoms with van der Waals surface area (Å²) in [7, 11) is 5.47. The van der Waals surface area contributed by atoms with Crippen LogP contribution in [0.3, 0.4) is 0 Å². The van der Waals surface area contributed by atoms with Crippen LogP contribution in [0.5, 0.6) is 0 Å². The standard InChI is InChI=1S/C19H33N7O/c1-5-15-23-16-9-8-14(12-26(16)24-15)22-18(20-2)21-13-19(10-6-7-11-19)17(27)25(3)4/h14H,5-13H2,1-4H3,(H2,20,21,22). The van der Waals surface area contributed by atoms with Gasteiger partial charge in [-0.05, 0) is 19.3 Å². The molecule has 8 nitrogen and oxygen atoms in total. The molecule has 1 atom stereocenters. The van der Waals surface area contributed by atoms with Crippen molar-refractivity contribution in [3.8, 4) is 0 Å². The molecule has 0 aromatic carbocycles. The number of aromatic nitrogens is 3. The predicted octanol–water partition coefficient (Wildman–Crippen LogP) is 0.969. The van der Waals surface area contributed by atoms with E-state index in [-0.39, 0.29) is 17.4 Å². The molecule has 3 rings (SSSR count). The minimum Gasteiger partial charge on any atom is -0.355 e. The van der Waals surface area contributed by atoms with E-state index in [4.69, 9.17) is 0 Å². The third-order valence-corrected chi connectivity index (χ3v) is 5.80. The molecule has 2 aliphatic rings. The summed E-state index contributed by atoms with van der Waals surface area (Å²) in [4.78, 5) is 23.4. The van der Waals surface area contributed by atoms with Crippen LogP contribution in [0.25, 0.3) is 0 Å². The lowest BCUT2D eigenvalue weighted by molar-refractivity contribution is -0.138. The molecule has 8 heteroatoms. The Kier molecular flexibility index (Phi) is 6.01. The second-order valence-corrected chi connectivity index (χ2v) is 7.97. The highest BCUT2D eigenvalue weighted by atomic mass is 16.2. The average Bonchev–Trinajstić information content (AvgIpc) is 3.31. The molecule has 0 bridgehead atoms. The maximum atomic E-state index is 12.7. The van der Waals surface area contributed by atoms with Crippen LogP contribution in [0, 0.1) is 5.41 Å². The normalized spacial score (nSPS) is 21.6. The van der Waals surface area contributed by atoms with Crippen molar-refractivity contribution in [1.82, 2.24) is 30.3 Å². The molecule has 1 saturated carbocycles. The lowest BCUT2D eigenvalue weighted by atomic mass is 9.84. The van der Waals surface area contributed by atoms with Gasteiger partial charge in [0.25, 0.3) is 0 Å². The zero-order chi connectivity index (χ0) is 19.4. The van der Waals surface area contributed by atoms with Crippen LogP contribution < -0.4 is 10.6 Å². The van der Waals surface area contributed by atoms with Crippen LogP contribution in [0.15, 0.2) is 4.99 Å². The minimum absolute atomic E-state index is 0.222. The van der Waals surface area contributed by atoms with E-state index in [0.717, 1.165) is 69.1 Å². The highest BCUT2D eigenvalue weighted by Gasteiger charge is 2.42. The topological polar surface area (TPSA) is 87.4 Å². The summed E-state index contributed by atoms with van der Waals surface area (Å²) < 4.78 is 2.02. The maximum absolute atomic E-state index is 12.7. The fourth-order valence-corrected chi connectivity index (χ4v) is 4.26. The molecule has 0 radical (unpaired) electrons. The molecule has 1 aromatic heterocycles. The molecule has 1 aliphatic carbocycles. The first kappa shape index (κ1) is 19.6. The maximum Gasteiger partial charge on any atom is 0.230 e. The Labute approximate surface area is 161 Å². The second-order valence-electron chi connectivity index (χ2n) is 7.97. The zero-order valence-electron chi connectivity index (χ0n) is 17.1. The summed E-state index contributed by atoms with van der Waals surface area (Å²) in [5, 5.41) is 11.5. The molecule has 27 heavy (non-hydrogen) atoms. The Morgan fingerprint density at radius 1 is 1.37 bits per heavy atom. The number of nitrogens with zero attached hydrogens (tertiary/aromatic N) is 5. The molecule has 0 spiro atoms. The number of aliphatic imine (C=N–C) groups is 1. The van der Waals surface area contributed by atoms with E-state index < -0.39 is 0 Å². The van der Waals surface area contributed by atoms with Crippen molar-refractivity contribution < 1.29 is 4.79 Å². The number of carbonyl (C=O) groups is 1. The Balaban J connectivity index is 1.59. The van der Waals surface area contributed by atoms with Gasteiger partial charge in [0, 0.05) is 46.6 Å². The van der Waals surface area contributed by atoms with Gasteiger partial charge in [0.05, 0.1) is 12.0 Å². The minimum atomic E-state index is -0.303. The smallest absolute Gasteiger partial charge is 0.230 e. The number of nitrogens with one attached hydrogen (secondary N) is 2. The molecule has 2 heterocycles. The molecule has 150 valence electrons. The van der Waals surface area contributed by atoms with Crippen molar-refractivity contribution in [2.75, 3.05) is 27.7 Å². The summed E-state index contributed by atoms with van der Waals surface area (Å²) in [6.07, 6.45) is 6.91. The quantitative estimate of drug-likeness (QED) is 0.591. The van der Waals surface area contributed by atoms with Crippen molar-refractivity contribution in [3.05, 3.63) is 11.6 Å². The van der Waals surface area contributed by atoms with Crippen LogP contribution in [-0.2, 0) is 24.2 Å². The Bertz CT molecular complexity index is 688. The Morgan fingerprint density at radius 3 is 2.74 bits per heavy atom. The van der Waals surface area contributed by atoms with Gasteiger partial charge in [0.2, 0.25) is 5.91 Å². The van der Waals surface area contributed by atoms with Crippen molar-refractivity contribution in [1.29, 1.82) is 0 Å². The largest absolute Gasteiger partial charge is 0.355 e. The van der Waals surface area contributed by atoms with Crippen LogP contribution in [0.2, 0.25) is 0 Å². The first-order chi connectivity index (χ1) is 13.0. The van der Waals surface area contributed by atoms with E-state index in [1.54, 1.807) is 11.9 Å². The molecule has 2 N–H and O–H groups in total. The molecule has 1 unspecified atom stereocenters. The third kappa shape index (κ3) is 4.25. The molecular weight excluding hydrogens is 342 g/mol. The molecular formula is C19H33N7O. The Hall–Kier alpha value is -2.12. The number of aryl methyl sites for hydroxylation is 2. The lowest BCUT2D eigenvalue weighted by Gasteiger charge is -2.32. The molecule has 0 saturated heterocycles. The predicted molar refractivity (Wildman–Crippen MR) is 106 cm³/mol. The fraction of sp³-hybridized carbons (Fsp3) is 0.789. The number of carbonyl (C=O) groups excluding carboxylic acids is 1. The third-order valence-electron chi connectivity index (χ3n) is 5.80. The number of hydrogen-bond acceptors (Lipinski definition) is 4. The number of fused-ring (bicyclic) bond motifs is 1. The van der Waals surface area contributed by atoms with Gasteiger partial charge in [-0.2, -0.15) is 5.10 Å². The lowest BCUT2D eigenvalue weighted by Crippen LogP contribution is -2.52. The summed E-state index contributed by atoms with van der Waals surface area (Å²) >= 11 is 0. The van der Waals surface area contributed by atoms with Gasteiger partial charge in [-0.3, -0.25) is 9.79 Å². The molecule has 1 aliphatic heterocycles. The highest BCUT2D eigenvalue weighted by molar-refractivity contribution is 5.85. The van der Waals surface area contributed by atoms with E-state index in [9.17, 15) is 4.79 Å². The Morgan fingerprint density at radius 2 is 2.11 bits per heavy atom. The van der Waals surface area contributed by atoms with Gasteiger partial charge in [0.1, 0.15) is 5.82 Å². The van der Waals surface area contributed by atoms with Crippen molar-refractivity contribution in [3.63, 3.8) is 0 Å². The number of guanidine groups is 1. The van der Waals surface area contributed by atoms with Gasteiger partial charge < -0.3 is 15.5 Å². The van der Waals surface area contributed by atoms with Crippen molar-refractivity contribution in [2.24, 2.45) is 10.4 Å². The first-order valence-electron chi connectivity index (χ1n) is 10.1. The summed E-state index contributed by atoms with van der Waals surface area (Å²) in [6.45, 7) is 3.51. The molecule has 1 aromatic rings. The van der Waals surface area contributed by atoms with E-state index in [0.29, 0.717) is 6.54 Å². The number of amides is 1. The van der Waals surface area contributed by atoms with Crippen LogP contribution >= 0.6 is 0 Å². The second kappa shape index (κ2) is 8.27. The molecule has 1 fully saturated rings. The summed E-state index contributed by atoms with van der Waals surface area (Å²) in [5.41, 5.74) is -0.303. The van der Waals surface area contributed by atoms with E-state index in [1.165, 1.54) is 0 Å². The average molecular weight is 376 g/mol. The summed E-state index contributed by atoms with van der Waals surface area (Å²) in [6, 6.07) is 0.263. The van der Waals surface area contributed by atoms with Gasteiger partial charge in [-0.15, -0.1) is 0 Å². The number of hydrogen-bond donors (Lipinski definition) is 2. The van der Waals surface area contributed by atoms with Gasteiger partial charge >= 0.3 is 0 Å². The zero-order valence-corrected chi connectivity index (χ0v) is 17.1. The van der Waals surface area contributed by atoms with Crippen LogP contribution in [-0.4, -0.2) is 65.3 Å². The van der Waals surface area contributed by atoms with Gasteiger partial charge in [0.15, 0.2) is 11.8 Å². The first-order valence-corrected chi connectivity index (χ1v) is 10.1.